The molecule has 9 heteroatoms. The number of fused-ring (bicyclic) bond motifs is 2. The van der Waals surface area contributed by atoms with Crippen molar-refractivity contribution in [2.45, 2.75) is 50.2 Å². The summed E-state index contributed by atoms with van der Waals surface area (Å²) in [7, 11) is 1.55. The summed E-state index contributed by atoms with van der Waals surface area (Å²) < 4.78 is 13.2. The van der Waals surface area contributed by atoms with Crippen LogP contribution >= 0.6 is 0 Å². The van der Waals surface area contributed by atoms with E-state index in [0.717, 1.165) is 40.1 Å². The number of hydrogen-bond acceptors (Lipinski definition) is 8. The number of aryl methyl sites for hydroxylation is 1. The van der Waals surface area contributed by atoms with Crippen molar-refractivity contribution in [2.24, 2.45) is 5.92 Å². The Balaban J connectivity index is 1.15. The quantitative estimate of drug-likeness (QED) is 0.356. The lowest BCUT2D eigenvalue weighted by molar-refractivity contribution is -0.0364. The van der Waals surface area contributed by atoms with Crippen LogP contribution in [0.15, 0.2) is 48.9 Å². The molecule has 2 aliphatic rings. The first-order valence-electron chi connectivity index (χ1n) is 12.1. The molecule has 0 amide bonds. The number of hydrogen-bond donors (Lipinski definition) is 3. The number of aromatic nitrogens is 4. The molecule has 1 saturated carbocycles. The van der Waals surface area contributed by atoms with Crippen LogP contribution in [0.25, 0.3) is 21.9 Å². The zero-order chi connectivity index (χ0) is 23.9. The minimum atomic E-state index is -1.07. The van der Waals surface area contributed by atoms with Crippen LogP contribution in [0.4, 0.5) is 5.82 Å². The summed E-state index contributed by atoms with van der Waals surface area (Å²) in [5.74, 6) is 2.14. The number of methoxy groups -OCH3 is 1. The molecule has 35 heavy (non-hydrogen) atoms. The highest BCUT2D eigenvalue weighted by molar-refractivity contribution is 5.82. The Morgan fingerprint density at radius 1 is 1.11 bits per heavy atom. The van der Waals surface area contributed by atoms with Crippen LogP contribution in [0.1, 0.15) is 31.1 Å². The van der Waals surface area contributed by atoms with Crippen LogP contribution in [-0.2, 0) is 11.2 Å². The molecule has 0 spiro atoms. The Bertz CT molecular complexity index is 1350. The zero-order valence-corrected chi connectivity index (χ0v) is 19.5. The standard InChI is InChI=1S/C26H29N5O4/c1-34-25-18-10-11-31(24(18)28-14-29-25)26-23(33)22(32)20(35-26)8-5-15-4-6-17-7-9-21(30-19(17)12-15)27-13-16-2-3-16/h4,6-7,9-12,14,16,20,22-23,26,32-33H,2-3,5,8,13H2,1H3,(H,27,30)/t20-,22-,23-,26-/m1/s1. The molecule has 1 aliphatic heterocycles. The van der Waals surface area contributed by atoms with Gasteiger partial charge in [0.1, 0.15) is 30.0 Å². The van der Waals surface area contributed by atoms with Gasteiger partial charge in [0.15, 0.2) is 6.23 Å². The van der Waals surface area contributed by atoms with Crippen molar-refractivity contribution < 1.29 is 19.7 Å². The number of aliphatic hydroxyl groups is 2. The maximum absolute atomic E-state index is 10.8. The number of pyridine rings is 1. The monoisotopic (exact) mass is 475 g/mol. The Morgan fingerprint density at radius 3 is 2.80 bits per heavy atom. The number of benzene rings is 1. The van der Waals surface area contributed by atoms with Gasteiger partial charge in [0.25, 0.3) is 0 Å². The van der Waals surface area contributed by atoms with Gasteiger partial charge < -0.3 is 29.6 Å². The summed E-state index contributed by atoms with van der Waals surface area (Å²) in [5.41, 5.74) is 2.64. The van der Waals surface area contributed by atoms with Crippen LogP contribution in [0.2, 0.25) is 0 Å². The predicted octanol–water partition coefficient (Wildman–Crippen LogP) is 3.06. The summed E-state index contributed by atoms with van der Waals surface area (Å²) in [6.45, 7) is 0.980. The Kier molecular flexibility index (Phi) is 5.75. The molecule has 0 radical (unpaired) electrons. The van der Waals surface area contributed by atoms with Crippen molar-refractivity contribution in [1.29, 1.82) is 0 Å². The fraction of sp³-hybridized carbons (Fsp3) is 0.423. The molecule has 6 rings (SSSR count). The average molecular weight is 476 g/mol. The molecule has 4 atom stereocenters. The number of anilines is 1. The summed E-state index contributed by atoms with van der Waals surface area (Å²) in [4.78, 5) is 13.2. The van der Waals surface area contributed by atoms with E-state index in [1.165, 1.54) is 19.2 Å². The SMILES string of the molecule is COc1ncnc2c1ccn2[C@@H]1O[C@H](CCc2ccc3ccc(NCC4CC4)nc3c2)[C@@H](O)[C@H]1O. The van der Waals surface area contributed by atoms with Crippen molar-refractivity contribution in [2.75, 3.05) is 19.0 Å². The summed E-state index contributed by atoms with van der Waals surface area (Å²) in [6, 6.07) is 12.2. The molecule has 3 N–H and O–H groups in total. The van der Waals surface area contributed by atoms with Crippen molar-refractivity contribution in [3.05, 3.63) is 54.5 Å². The molecule has 9 nitrogen and oxygen atoms in total. The van der Waals surface area contributed by atoms with Crippen molar-refractivity contribution in [3.63, 3.8) is 0 Å². The highest BCUT2D eigenvalue weighted by Crippen LogP contribution is 2.35. The van der Waals surface area contributed by atoms with Crippen molar-refractivity contribution >= 4 is 27.8 Å². The van der Waals surface area contributed by atoms with Gasteiger partial charge in [0.2, 0.25) is 5.88 Å². The third kappa shape index (κ3) is 4.31. The van der Waals surface area contributed by atoms with Gasteiger partial charge in [-0.15, -0.1) is 0 Å². The zero-order valence-electron chi connectivity index (χ0n) is 19.5. The molecule has 182 valence electrons. The van der Waals surface area contributed by atoms with Gasteiger partial charge in [-0.1, -0.05) is 12.1 Å². The van der Waals surface area contributed by atoms with Gasteiger partial charge in [-0.05, 0) is 61.4 Å². The van der Waals surface area contributed by atoms with E-state index >= 15 is 0 Å². The smallest absolute Gasteiger partial charge is 0.225 e. The second-order valence-electron chi connectivity index (χ2n) is 9.48. The van der Waals surface area contributed by atoms with E-state index in [-0.39, 0.29) is 0 Å². The maximum Gasteiger partial charge on any atom is 0.225 e. The topological polar surface area (TPSA) is 115 Å². The number of aliphatic hydroxyl groups excluding tert-OH is 2. The van der Waals surface area contributed by atoms with Crippen LogP contribution in [0, 0.1) is 5.92 Å². The number of nitrogens with zero attached hydrogens (tertiary/aromatic N) is 4. The molecule has 1 aromatic carbocycles. The minimum absolute atomic E-state index is 0.453. The van der Waals surface area contributed by atoms with Crippen molar-refractivity contribution in [1.82, 2.24) is 19.5 Å². The summed E-state index contributed by atoms with van der Waals surface area (Å²) in [6.07, 6.45) is 3.72. The highest BCUT2D eigenvalue weighted by atomic mass is 16.6. The minimum Gasteiger partial charge on any atom is -0.480 e. The van der Waals surface area contributed by atoms with Crippen LogP contribution in [0.5, 0.6) is 5.88 Å². The lowest BCUT2D eigenvalue weighted by atomic mass is 10.0. The second kappa shape index (κ2) is 9.07. The highest BCUT2D eigenvalue weighted by Gasteiger charge is 2.43. The van der Waals surface area contributed by atoms with E-state index in [1.807, 2.05) is 12.1 Å². The van der Waals surface area contributed by atoms with E-state index in [4.69, 9.17) is 14.5 Å². The first-order valence-corrected chi connectivity index (χ1v) is 12.1. The number of ether oxygens (including phenoxy) is 2. The first kappa shape index (κ1) is 22.2. The van der Waals surface area contributed by atoms with E-state index < -0.39 is 24.5 Å². The second-order valence-corrected chi connectivity index (χ2v) is 9.48. The molecule has 4 aromatic rings. The van der Waals surface area contributed by atoms with Gasteiger partial charge >= 0.3 is 0 Å². The van der Waals surface area contributed by atoms with Crippen LogP contribution in [-0.4, -0.2) is 61.7 Å². The summed E-state index contributed by atoms with van der Waals surface area (Å²) >= 11 is 0. The molecular formula is C26H29N5O4. The maximum atomic E-state index is 10.8. The summed E-state index contributed by atoms with van der Waals surface area (Å²) in [5, 5.41) is 26.7. The Labute approximate surface area is 202 Å². The molecule has 1 aliphatic carbocycles. The third-order valence-electron chi connectivity index (χ3n) is 7.02. The number of rotatable bonds is 8. The first-order chi connectivity index (χ1) is 17.1. The lowest BCUT2D eigenvalue weighted by Gasteiger charge is -2.17. The molecule has 4 heterocycles. The van der Waals surface area contributed by atoms with E-state index in [1.54, 1.807) is 17.9 Å². The van der Waals surface area contributed by atoms with Gasteiger partial charge in [-0.2, -0.15) is 0 Å². The predicted molar refractivity (Wildman–Crippen MR) is 131 cm³/mol. The third-order valence-corrected chi connectivity index (χ3v) is 7.02. The Hall–Kier alpha value is -3.27. The fourth-order valence-electron chi connectivity index (χ4n) is 4.81. The largest absolute Gasteiger partial charge is 0.480 e. The molecule has 1 saturated heterocycles. The van der Waals surface area contributed by atoms with Crippen LogP contribution in [0.3, 0.4) is 0 Å². The van der Waals surface area contributed by atoms with Crippen LogP contribution < -0.4 is 10.1 Å². The molecule has 3 aromatic heterocycles. The lowest BCUT2D eigenvalue weighted by Crippen LogP contribution is -2.31. The van der Waals surface area contributed by atoms with E-state index in [0.29, 0.717) is 24.4 Å². The fourth-order valence-corrected chi connectivity index (χ4v) is 4.81. The van der Waals surface area contributed by atoms with Gasteiger partial charge in [-0.3, -0.25) is 0 Å². The average Bonchev–Trinajstić information content (AvgIpc) is 3.56. The van der Waals surface area contributed by atoms with Crippen molar-refractivity contribution in [3.8, 4) is 5.88 Å². The van der Waals surface area contributed by atoms with Gasteiger partial charge in [0, 0.05) is 18.1 Å². The normalized spacial score (nSPS) is 24.3. The van der Waals surface area contributed by atoms with E-state index in [2.05, 4.69) is 39.6 Å². The van der Waals surface area contributed by atoms with Gasteiger partial charge in [-0.25, -0.2) is 15.0 Å². The molecule has 0 bridgehead atoms. The van der Waals surface area contributed by atoms with Gasteiger partial charge in [0.05, 0.1) is 24.1 Å². The van der Waals surface area contributed by atoms with E-state index in [9.17, 15) is 10.2 Å². The molecule has 2 fully saturated rings. The molecule has 0 unspecified atom stereocenters. The Morgan fingerprint density at radius 2 is 1.97 bits per heavy atom. The molecular weight excluding hydrogens is 446 g/mol. The number of nitrogens with one attached hydrogen (secondary N) is 1.